The number of nitrogens with zero attached hydrogens (tertiary/aromatic N) is 1. The number of likely N-dealkylation sites (N-methyl/N-ethyl adjacent to an activating group) is 1. The smallest absolute Gasteiger partial charge is 0.246 e. The van der Waals surface area contributed by atoms with Gasteiger partial charge in [-0.1, -0.05) is 33.3 Å². The van der Waals surface area contributed by atoms with Gasteiger partial charge < -0.3 is 15.1 Å². The molecule has 158 valence electrons. The molecule has 5 heteroatoms. The zero-order valence-electron chi connectivity index (χ0n) is 18.1. The fourth-order valence-electron chi connectivity index (χ4n) is 6.64. The maximum absolute atomic E-state index is 13.3. The van der Waals surface area contributed by atoms with Crippen LogP contribution in [0.2, 0.25) is 0 Å². The first kappa shape index (κ1) is 21.5. The summed E-state index contributed by atoms with van der Waals surface area (Å²) in [6.45, 7) is 8.97. The number of aliphatic hydroxyl groups is 2. The molecule has 5 nitrogen and oxygen atoms in total. The highest BCUT2D eigenvalue weighted by Crippen LogP contribution is 2.63. The van der Waals surface area contributed by atoms with Crippen LogP contribution in [-0.4, -0.2) is 53.1 Å². The summed E-state index contributed by atoms with van der Waals surface area (Å²) >= 11 is 0. The molecule has 2 N–H and O–H groups in total. The minimum absolute atomic E-state index is 0.0248. The number of carbonyl (C=O) groups is 2. The van der Waals surface area contributed by atoms with E-state index in [1.54, 1.807) is 13.1 Å². The van der Waals surface area contributed by atoms with E-state index in [9.17, 15) is 14.7 Å². The second-order valence-electron chi connectivity index (χ2n) is 10.3. The number of amides is 1. The van der Waals surface area contributed by atoms with Crippen molar-refractivity contribution >= 4 is 11.7 Å². The third kappa shape index (κ3) is 3.35. The number of ketones is 1. The second-order valence-corrected chi connectivity index (χ2v) is 10.3. The molecule has 0 aromatic heterocycles. The predicted molar refractivity (Wildman–Crippen MR) is 108 cm³/mol. The van der Waals surface area contributed by atoms with Crippen LogP contribution in [0, 0.1) is 34.5 Å². The first-order chi connectivity index (χ1) is 13.0. The SMILES string of the molecule is C[C@H]1/C(=C/C(=O)N(C)CCO)CC[C@@H]2[C@H]1C(=O)C[C@H]1C(C)(C)[C@@H](O)CC[C@]21C. The highest BCUT2D eigenvalue weighted by molar-refractivity contribution is 5.89. The van der Waals surface area contributed by atoms with Gasteiger partial charge in [0.2, 0.25) is 5.91 Å². The van der Waals surface area contributed by atoms with Crippen LogP contribution >= 0.6 is 0 Å². The zero-order valence-corrected chi connectivity index (χ0v) is 18.1. The van der Waals surface area contributed by atoms with Crippen LogP contribution in [0.1, 0.15) is 59.8 Å². The van der Waals surface area contributed by atoms with E-state index in [0.717, 1.165) is 31.3 Å². The molecule has 28 heavy (non-hydrogen) atoms. The molecule has 0 heterocycles. The molecular formula is C23H37NO4. The Bertz CT molecular complexity index is 670. The monoisotopic (exact) mass is 391 g/mol. The van der Waals surface area contributed by atoms with E-state index in [0.29, 0.717) is 24.7 Å². The molecule has 1 amide bonds. The van der Waals surface area contributed by atoms with Gasteiger partial charge in [-0.2, -0.15) is 0 Å². The minimum Gasteiger partial charge on any atom is -0.395 e. The van der Waals surface area contributed by atoms with Crippen molar-refractivity contribution in [2.45, 2.75) is 65.9 Å². The maximum Gasteiger partial charge on any atom is 0.246 e. The van der Waals surface area contributed by atoms with E-state index >= 15 is 0 Å². The number of allylic oxidation sites excluding steroid dienone is 1. The molecular weight excluding hydrogens is 354 g/mol. The van der Waals surface area contributed by atoms with Gasteiger partial charge in [-0.25, -0.2) is 0 Å². The summed E-state index contributed by atoms with van der Waals surface area (Å²) in [5.74, 6) is 0.803. The quantitative estimate of drug-likeness (QED) is 0.725. The van der Waals surface area contributed by atoms with Crippen molar-refractivity contribution in [1.29, 1.82) is 0 Å². The molecule has 3 saturated carbocycles. The Hall–Kier alpha value is -1.20. The van der Waals surface area contributed by atoms with E-state index in [2.05, 4.69) is 27.7 Å². The molecule has 3 fully saturated rings. The Labute approximate surface area is 169 Å². The summed E-state index contributed by atoms with van der Waals surface area (Å²) < 4.78 is 0. The first-order valence-electron chi connectivity index (χ1n) is 10.8. The molecule has 3 aliphatic rings. The summed E-state index contributed by atoms with van der Waals surface area (Å²) in [6.07, 6.45) is 5.46. The van der Waals surface area contributed by atoms with Crippen molar-refractivity contribution in [2.24, 2.45) is 34.5 Å². The van der Waals surface area contributed by atoms with Crippen molar-refractivity contribution in [2.75, 3.05) is 20.2 Å². The van der Waals surface area contributed by atoms with Crippen LogP contribution in [0.4, 0.5) is 0 Å². The lowest BCUT2D eigenvalue weighted by atomic mass is 9.42. The van der Waals surface area contributed by atoms with E-state index in [4.69, 9.17) is 5.11 Å². The molecule has 3 rings (SSSR count). The van der Waals surface area contributed by atoms with Crippen LogP contribution in [0.5, 0.6) is 0 Å². The summed E-state index contributed by atoms with van der Waals surface area (Å²) in [5.41, 5.74) is 0.899. The van der Waals surface area contributed by atoms with Gasteiger partial charge in [0.05, 0.1) is 12.7 Å². The Morgan fingerprint density at radius 3 is 2.61 bits per heavy atom. The lowest BCUT2D eigenvalue weighted by molar-refractivity contribution is -0.172. The van der Waals surface area contributed by atoms with Crippen LogP contribution in [0.3, 0.4) is 0 Å². The van der Waals surface area contributed by atoms with Crippen molar-refractivity contribution < 1.29 is 19.8 Å². The number of Topliss-reactive ketones (excluding diaryl/α,β-unsaturated/α-hetero) is 1. The largest absolute Gasteiger partial charge is 0.395 e. The summed E-state index contributed by atoms with van der Waals surface area (Å²) in [7, 11) is 1.69. The van der Waals surface area contributed by atoms with Gasteiger partial charge in [0.15, 0.2) is 0 Å². The van der Waals surface area contributed by atoms with Gasteiger partial charge in [0.25, 0.3) is 0 Å². The molecule has 3 aliphatic carbocycles. The van der Waals surface area contributed by atoms with Gasteiger partial charge in [0.1, 0.15) is 5.78 Å². The topological polar surface area (TPSA) is 77.8 Å². The fourth-order valence-corrected chi connectivity index (χ4v) is 6.64. The lowest BCUT2D eigenvalue weighted by Crippen LogP contribution is -2.60. The van der Waals surface area contributed by atoms with E-state index in [1.165, 1.54) is 4.90 Å². The van der Waals surface area contributed by atoms with Crippen LogP contribution in [0.15, 0.2) is 11.6 Å². The van der Waals surface area contributed by atoms with E-state index in [-0.39, 0.29) is 47.2 Å². The van der Waals surface area contributed by atoms with E-state index in [1.807, 2.05) is 0 Å². The van der Waals surface area contributed by atoms with Crippen LogP contribution < -0.4 is 0 Å². The van der Waals surface area contributed by atoms with E-state index < -0.39 is 0 Å². The number of hydrogen-bond donors (Lipinski definition) is 2. The van der Waals surface area contributed by atoms with Gasteiger partial charge >= 0.3 is 0 Å². The predicted octanol–water partition coefficient (Wildman–Crippen LogP) is 2.80. The molecule has 6 atom stereocenters. The number of carbonyl (C=O) groups excluding carboxylic acids is 2. The van der Waals surface area contributed by atoms with Crippen molar-refractivity contribution in [3.63, 3.8) is 0 Å². The summed E-state index contributed by atoms with van der Waals surface area (Å²) in [5, 5.41) is 19.6. The number of hydrogen-bond acceptors (Lipinski definition) is 4. The van der Waals surface area contributed by atoms with Crippen molar-refractivity contribution in [1.82, 2.24) is 4.90 Å². The molecule has 0 bridgehead atoms. The molecule has 0 saturated heterocycles. The summed E-state index contributed by atoms with van der Waals surface area (Å²) in [4.78, 5) is 27.2. The normalized spacial score (nSPS) is 41.3. The Kier molecular flexibility index (Phi) is 5.81. The number of fused-ring (bicyclic) bond motifs is 3. The molecule has 0 aliphatic heterocycles. The molecule has 0 radical (unpaired) electrons. The summed E-state index contributed by atoms with van der Waals surface area (Å²) in [6, 6.07) is 0. The van der Waals surface area contributed by atoms with Crippen LogP contribution in [-0.2, 0) is 9.59 Å². The highest BCUT2D eigenvalue weighted by atomic mass is 16.3. The standard InChI is InChI=1S/C23H37NO4/c1-14-15(12-20(28)24(5)10-11-25)6-7-16-21(14)17(26)13-18-22(2,3)19(27)8-9-23(16,18)4/h12,14,16,18-19,21,25,27H,6-11,13H2,1-5H3/b15-12+/t14-,16+,18-,19-,21-,23+/m0/s1. The molecule has 0 aromatic carbocycles. The second kappa shape index (κ2) is 7.56. The Morgan fingerprint density at radius 1 is 1.29 bits per heavy atom. The Morgan fingerprint density at radius 2 is 1.96 bits per heavy atom. The van der Waals surface area contributed by atoms with Gasteiger partial charge in [-0.05, 0) is 54.3 Å². The zero-order chi connectivity index (χ0) is 20.9. The first-order valence-corrected chi connectivity index (χ1v) is 10.8. The van der Waals surface area contributed by atoms with Gasteiger partial charge in [-0.3, -0.25) is 9.59 Å². The average Bonchev–Trinajstić information content (AvgIpc) is 2.63. The number of aliphatic hydroxyl groups excluding tert-OH is 2. The van der Waals surface area contributed by atoms with Gasteiger partial charge in [-0.15, -0.1) is 0 Å². The van der Waals surface area contributed by atoms with Crippen LogP contribution in [0.25, 0.3) is 0 Å². The van der Waals surface area contributed by atoms with Crippen molar-refractivity contribution in [3.05, 3.63) is 11.6 Å². The molecule has 0 unspecified atom stereocenters. The fraction of sp³-hybridized carbons (Fsp3) is 0.826. The third-order valence-electron chi connectivity index (χ3n) is 8.56. The highest BCUT2D eigenvalue weighted by Gasteiger charge is 2.61. The average molecular weight is 392 g/mol. The minimum atomic E-state index is -0.342. The molecule has 0 aromatic rings. The third-order valence-corrected chi connectivity index (χ3v) is 8.56. The van der Waals surface area contributed by atoms with Gasteiger partial charge in [0, 0.05) is 32.0 Å². The lowest BCUT2D eigenvalue weighted by Gasteiger charge is -2.62. The number of rotatable bonds is 3. The Balaban J connectivity index is 1.87. The molecule has 0 spiro atoms. The maximum atomic E-state index is 13.3. The van der Waals surface area contributed by atoms with Crippen molar-refractivity contribution in [3.8, 4) is 0 Å².